The van der Waals surface area contributed by atoms with Crippen LogP contribution >= 0.6 is 0 Å². The van der Waals surface area contributed by atoms with Crippen LogP contribution in [0.1, 0.15) is 42.6 Å². The first kappa shape index (κ1) is 24.3. The van der Waals surface area contributed by atoms with Gasteiger partial charge in [0.2, 0.25) is 11.8 Å². The number of nitrogens with zero attached hydrogens (tertiary/aromatic N) is 2. The van der Waals surface area contributed by atoms with Crippen LogP contribution < -0.4 is 15.0 Å². The van der Waals surface area contributed by atoms with Gasteiger partial charge in [-0.3, -0.25) is 19.3 Å². The zero-order chi connectivity index (χ0) is 24.9. The summed E-state index contributed by atoms with van der Waals surface area (Å²) in [5.74, 6) is -0.0460. The molecule has 1 heterocycles. The Bertz CT molecular complexity index is 1250. The summed E-state index contributed by atoms with van der Waals surface area (Å²) in [5.41, 5.74) is 2.15. The Morgan fingerprint density at radius 2 is 1.83 bits per heavy atom. The average molecular weight is 474 g/mol. The van der Waals surface area contributed by atoms with E-state index in [1.54, 1.807) is 20.1 Å². The van der Waals surface area contributed by atoms with Crippen molar-refractivity contribution in [3.63, 3.8) is 0 Å². The number of nitrogens with one attached hydrogen (secondary N) is 1. The Hall–Kier alpha value is -3.87. The normalized spacial score (nSPS) is 13.1. The Balaban J connectivity index is 1.60. The quantitative estimate of drug-likeness (QED) is 0.449. The van der Waals surface area contributed by atoms with E-state index in [4.69, 9.17) is 4.74 Å². The third-order valence-electron chi connectivity index (χ3n) is 6.43. The first-order valence-electron chi connectivity index (χ1n) is 12.0. The number of methoxy groups -OCH3 is 1. The summed E-state index contributed by atoms with van der Waals surface area (Å²) in [6, 6.07) is 18.0. The van der Waals surface area contributed by atoms with E-state index in [9.17, 15) is 14.4 Å². The number of carbonyl (C=O) groups excluding carboxylic acids is 3. The molecule has 0 unspecified atom stereocenters. The molecule has 0 radical (unpaired) electrons. The van der Waals surface area contributed by atoms with E-state index in [0.29, 0.717) is 17.9 Å². The third-order valence-corrected chi connectivity index (χ3v) is 6.43. The fourth-order valence-electron chi connectivity index (χ4n) is 4.45. The molecule has 1 aliphatic rings. The van der Waals surface area contributed by atoms with Gasteiger partial charge in [0.05, 0.1) is 12.8 Å². The van der Waals surface area contributed by atoms with Crippen molar-refractivity contribution in [2.75, 3.05) is 25.1 Å². The first-order valence-corrected chi connectivity index (χ1v) is 12.0. The van der Waals surface area contributed by atoms with Gasteiger partial charge in [0, 0.05) is 24.0 Å². The second-order valence-corrected chi connectivity index (χ2v) is 8.77. The molecule has 0 fully saturated rings. The van der Waals surface area contributed by atoms with Crippen LogP contribution in [0.4, 0.5) is 5.69 Å². The first-order chi connectivity index (χ1) is 16.9. The lowest BCUT2D eigenvalue weighted by Gasteiger charge is -2.30. The minimum atomic E-state index is -0.707. The van der Waals surface area contributed by atoms with Gasteiger partial charge in [0.25, 0.3) is 5.91 Å². The summed E-state index contributed by atoms with van der Waals surface area (Å²) in [4.78, 5) is 42.8. The van der Waals surface area contributed by atoms with Crippen LogP contribution in [0.25, 0.3) is 10.8 Å². The molecule has 1 atom stereocenters. The molecule has 0 aliphatic carbocycles. The van der Waals surface area contributed by atoms with Crippen LogP contribution in [-0.2, 0) is 16.1 Å². The molecule has 3 amide bonds. The second-order valence-electron chi connectivity index (χ2n) is 8.77. The molecule has 0 aromatic heterocycles. The molecule has 1 N–H and O–H groups in total. The number of anilines is 1. The fraction of sp³-hybridized carbons (Fsp3) is 0.321. The van der Waals surface area contributed by atoms with Crippen molar-refractivity contribution in [1.29, 1.82) is 0 Å². The molecule has 3 aromatic rings. The van der Waals surface area contributed by atoms with Crippen LogP contribution in [-0.4, -0.2) is 48.9 Å². The lowest BCUT2D eigenvalue weighted by atomic mass is 10.1. The highest BCUT2D eigenvalue weighted by molar-refractivity contribution is 6.26. The molecule has 1 aliphatic heterocycles. The molecule has 0 saturated heterocycles. The molecule has 182 valence electrons. The molecule has 3 aromatic carbocycles. The maximum absolute atomic E-state index is 13.7. The Labute approximate surface area is 205 Å². The molecular formula is C28H31N3O4. The molecule has 4 rings (SSSR count). The maximum Gasteiger partial charge on any atom is 0.259 e. The van der Waals surface area contributed by atoms with Crippen LogP contribution in [0.5, 0.6) is 5.75 Å². The summed E-state index contributed by atoms with van der Waals surface area (Å²) >= 11 is 0. The van der Waals surface area contributed by atoms with Crippen molar-refractivity contribution in [1.82, 2.24) is 10.2 Å². The summed E-state index contributed by atoms with van der Waals surface area (Å²) in [5, 5.41) is 4.74. The van der Waals surface area contributed by atoms with Crippen molar-refractivity contribution < 1.29 is 19.1 Å². The number of unbranched alkanes of at least 4 members (excludes halogenated alkanes) is 1. The van der Waals surface area contributed by atoms with Gasteiger partial charge in [-0.2, -0.15) is 0 Å². The fourth-order valence-corrected chi connectivity index (χ4v) is 4.45. The largest absolute Gasteiger partial charge is 0.497 e. The second kappa shape index (κ2) is 10.6. The molecule has 0 saturated carbocycles. The van der Waals surface area contributed by atoms with E-state index in [1.807, 2.05) is 54.6 Å². The van der Waals surface area contributed by atoms with Crippen molar-refractivity contribution in [2.24, 2.45) is 0 Å². The SMILES string of the molecule is CCCCNC(=O)[C@@H](C)N(Cc1cccc(OC)c1)C(=O)CN1C(=O)c2cccc3cccc1c23. The minimum Gasteiger partial charge on any atom is -0.497 e. The van der Waals surface area contributed by atoms with Gasteiger partial charge in [-0.25, -0.2) is 0 Å². The Morgan fingerprint density at radius 3 is 2.57 bits per heavy atom. The zero-order valence-corrected chi connectivity index (χ0v) is 20.4. The Morgan fingerprint density at radius 1 is 1.09 bits per heavy atom. The molecule has 7 nitrogen and oxygen atoms in total. The van der Waals surface area contributed by atoms with E-state index >= 15 is 0 Å². The van der Waals surface area contributed by atoms with Gasteiger partial charge in [0.1, 0.15) is 18.3 Å². The number of rotatable bonds is 10. The van der Waals surface area contributed by atoms with E-state index < -0.39 is 6.04 Å². The van der Waals surface area contributed by atoms with Crippen LogP contribution in [0.15, 0.2) is 60.7 Å². The molecular weight excluding hydrogens is 442 g/mol. The summed E-state index contributed by atoms with van der Waals surface area (Å²) in [6.07, 6.45) is 1.83. The number of amides is 3. The molecule has 0 bridgehead atoms. The third kappa shape index (κ3) is 4.99. The van der Waals surface area contributed by atoms with Gasteiger partial charge in [-0.1, -0.05) is 49.7 Å². The van der Waals surface area contributed by atoms with E-state index in [0.717, 1.165) is 34.9 Å². The lowest BCUT2D eigenvalue weighted by Crippen LogP contribution is -2.51. The van der Waals surface area contributed by atoms with Gasteiger partial charge < -0.3 is 15.0 Å². The number of benzene rings is 3. The van der Waals surface area contributed by atoms with Crippen LogP contribution in [0.2, 0.25) is 0 Å². The number of hydrogen-bond acceptors (Lipinski definition) is 4. The molecule has 0 spiro atoms. The molecule has 7 heteroatoms. The number of hydrogen-bond donors (Lipinski definition) is 1. The standard InChI is InChI=1S/C28H31N3O4/c1-4-5-15-29-27(33)19(2)30(17-20-9-6-12-22(16-20)35-3)25(32)18-31-24-14-8-11-21-10-7-13-23(26(21)24)28(31)34/h6-14,16,19H,4-5,15,17-18H2,1-3H3,(H,29,33)/t19-/m1/s1. The summed E-state index contributed by atoms with van der Waals surface area (Å²) in [6.45, 7) is 4.41. The van der Waals surface area contributed by atoms with Gasteiger partial charge in [0.15, 0.2) is 0 Å². The van der Waals surface area contributed by atoms with Crippen molar-refractivity contribution >= 4 is 34.2 Å². The van der Waals surface area contributed by atoms with E-state index in [1.165, 1.54) is 9.80 Å². The highest BCUT2D eigenvalue weighted by Crippen LogP contribution is 2.37. The zero-order valence-electron chi connectivity index (χ0n) is 20.4. The van der Waals surface area contributed by atoms with Crippen LogP contribution in [0, 0.1) is 0 Å². The molecule has 35 heavy (non-hydrogen) atoms. The minimum absolute atomic E-state index is 0.150. The number of ether oxygens (including phenoxy) is 1. The number of carbonyl (C=O) groups is 3. The summed E-state index contributed by atoms with van der Waals surface area (Å²) in [7, 11) is 1.59. The van der Waals surface area contributed by atoms with Crippen molar-refractivity contribution in [2.45, 2.75) is 39.3 Å². The monoisotopic (exact) mass is 473 g/mol. The highest BCUT2D eigenvalue weighted by Gasteiger charge is 2.34. The van der Waals surface area contributed by atoms with Crippen molar-refractivity contribution in [3.05, 3.63) is 71.8 Å². The summed E-state index contributed by atoms with van der Waals surface area (Å²) < 4.78 is 5.32. The topological polar surface area (TPSA) is 79.0 Å². The van der Waals surface area contributed by atoms with Crippen LogP contribution in [0.3, 0.4) is 0 Å². The van der Waals surface area contributed by atoms with Gasteiger partial charge >= 0.3 is 0 Å². The van der Waals surface area contributed by atoms with E-state index in [-0.39, 0.29) is 30.8 Å². The lowest BCUT2D eigenvalue weighted by molar-refractivity contribution is -0.139. The smallest absolute Gasteiger partial charge is 0.259 e. The van der Waals surface area contributed by atoms with E-state index in [2.05, 4.69) is 12.2 Å². The predicted octanol–water partition coefficient (Wildman–Crippen LogP) is 4.14. The highest BCUT2D eigenvalue weighted by atomic mass is 16.5. The Kier molecular flexibility index (Phi) is 7.34. The average Bonchev–Trinajstić information content (AvgIpc) is 3.15. The maximum atomic E-state index is 13.7. The van der Waals surface area contributed by atoms with Crippen molar-refractivity contribution in [3.8, 4) is 5.75 Å². The van der Waals surface area contributed by atoms with Gasteiger partial charge in [-0.15, -0.1) is 0 Å². The predicted molar refractivity (Wildman–Crippen MR) is 137 cm³/mol. The van der Waals surface area contributed by atoms with Gasteiger partial charge in [-0.05, 0) is 48.6 Å².